The number of aliphatic hydroxyl groups excluding tert-OH is 1. The standard InChI is InChI=1S/C26H34N8O3/c1-14-23-20-12-18-19(30-31-24(18)15(2)29-20)8-7-17(25(27)36)21(28-9-11-35)13-34-10-5-6-22(34)16(3)37-26(23)33(4)32-14/h7-8,12,16,22,28,35H,5-6,9-11,13H2,1-4H3,(H2,27,36)(H,30,31)/b8-7+,21-17?. The number of nitrogens with zero attached hydrogens (tertiary/aromatic N) is 5. The second kappa shape index (κ2) is 9.98. The number of hydrogen-bond donors (Lipinski definition) is 4. The van der Waals surface area contributed by atoms with Gasteiger partial charge in [0, 0.05) is 37.3 Å². The molecular formula is C26H34N8O3. The van der Waals surface area contributed by atoms with Crippen LogP contribution in [-0.2, 0) is 11.8 Å². The predicted octanol–water partition coefficient (Wildman–Crippen LogP) is 1.56. The van der Waals surface area contributed by atoms with E-state index in [0.717, 1.165) is 58.6 Å². The number of aliphatic hydroxyl groups is 1. The summed E-state index contributed by atoms with van der Waals surface area (Å²) in [6.07, 6.45) is 5.36. The molecule has 3 aromatic rings. The number of fused-ring (bicyclic) bond motifs is 4. The van der Waals surface area contributed by atoms with Crippen LogP contribution < -0.4 is 15.8 Å². The van der Waals surface area contributed by atoms with E-state index in [0.29, 0.717) is 30.2 Å². The van der Waals surface area contributed by atoms with Crippen LogP contribution in [-0.4, -0.2) is 79.3 Å². The van der Waals surface area contributed by atoms with Gasteiger partial charge in [-0.15, -0.1) is 0 Å². The molecule has 0 aromatic carbocycles. The van der Waals surface area contributed by atoms with Gasteiger partial charge in [-0.05, 0) is 58.4 Å². The number of amides is 1. The Morgan fingerprint density at radius 2 is 2.14 bits per heavy atom. The maximum absolute atomic E-state index is 12.6. The maximum atomic E-state index is 12.6. The number of aromatic amines is 1. The zero-order chi connectivity index (χ0) is 26.3. The van der Waals surface area contributed by atoms with E-state index in [4.69, 9.17) is 15.5 Å². The summed E-state index contributed by atoms with van der Waals surface area (Å²) in [7, 11) is 1.88. The summed E-state index contributed by atoms with van der Waals surface area (Å²) in [5.74, 6) is 0.128. The summed E-state index contributed by atoms with van der Waals surface area (Å²) in [6.45, 7) is 7.54. The number of carbonyl (C=O) groups excluding carboxylic acids is 1. The number of ether oxygens (including phenoxy) is 1. The van der Waals surface area contributed by atoms with Crippen LogP contribution in [0.3, 0.4) is 0 Å². The smallest absolute Gasteiger partial charge is 0.250 e. The van der Waals surface area contributed by atoms with Gasteiger partial charge >= 0.3 is 0 Å². The van der Waals surface area contributed by atoms with Gasteiger partial charge in [0.15, 0.2) is 0 Å². The summed E-state index contributed by atoms with van der Waals surface area (Å²) < 4.78 is 8.40. The Morgan fingerprint density at radius 1 is 1.32 bits per heavy atom. The van der Waals surface area contributed by atoms with Crippen molar-refractivity contribution < 1.29 is 14.6 Å². The third-order valence-electron chi connectivity index (χ3n) is 7.24. The lowest BCUT2D eigenvalue weighted by Crippen LogP contribution is -2.43. The van der Waals surface area contributed by atoms with Crippen LogP contribution in [0.25, 0.3) is 28.2 Å². The topological polar surface area (TPSA) is 147 Å². The van der Waals surface area contributed by atoms with Gasteiger partial charge in [0.1, 0.15) is 11.6 Å². The summed E-state index contributed by atoms with van der Waals surface area (Å²) in [4.78, 5) is 19.8. The number of aromatic nitrogens is 5. The Morgan fingerprint density at radius 3 is 2.89 bits per heavy atom. The van der Waals surface area contributed by atoms with Gasteiger partial charge in [-0.3, -0.25) is 19.8 Å². The lowest BCUT2D eigenvalue weighted by molar-refractivity contribution is -0.114. The van der Waals surface area contributed by atoms with Crippen LogP contribution in [0.5, 0.6) is 5.88 Å². The first-order chi connectivity index (χ1) is 17.8. The second-order valence-corrected chi connectivity index (χ2v) is 9.76. The van der Waals surface area contributed by atoms with E-state index < -0.39 is 5.91 Å². The Labute approximate surface area is 215 Å². The Bertz CT molecular complexity index is 1400. The minimum atomic E-state index is -0.544. The van der Waals surface area contributed by atoms with Crippen molar-refractivity contribution in [3.05, 3.63) is 40.5 Å². The molecule has 5 heterocycles. The number of carbonyl (C=O) groups is 1. The van der Waals surface area contributed by atoms with Crippen molar-refractivity contribution in [3.63, 3.8) is 0 Å². The zero-order valence-corrected chi connectivity index (χ0v) is 21.7. The summed E-state index contributed by atoms with van der Waals surface area (Å²) in [5, 5.41) is 25.8. The van der Waals surface area contributed by atoms with Crippen molar-refractivity contribution in [3.8, 4) is 17.1 Å². The molecule has 0 radical (unpaired) electrons. The molecule has 5 rings (SSSR count). The quantitative estimate of drug-likeness (QED) is 0.417. The molecule has 2 bridgehead atoms. The molecule has 0 saturated carbocycles. The average molecular weight is 507 g/mol. The zero-order valence-electron chi connectivity index (χ0n) is 21.7. The van der Waals surface area contributed by atoms with Gasteiger partial charge in [-0.1, -0.05) is 0 Å². The van der Waals surface area contributed by atoms with Crippen LogP contribution in [0, 0.1) is 13.8 Å². The van der Waals surface area contributed by atoms with E-state index in [-0.39, 0.29) is 18.8 Å². The largest absolute Gasteiger partial charge is 0.473 e. The van der Waals surface area contributed by atoms with E-state index in [1.54, 1.807) is 10.8 Å². The van der Waals surface area contributed by atoms with Gasteiger partial charge in [-0.2, -0.15) is 10.2 Å². The molecule has 3 aromatic heterocycles. The molecule has 1 fully saturated rings. The molecule has 5 N–H and O–H groups in total. The monoisotopic (exact) mass is 506 g/mol. The van der Waals surface area contributed by atoms with Crippen molar-refractivity contribution in [2.24, 2.45) is 12.8 Å². The molecule has 2 aliphatic heterocycles. The van der Waals surface area contributed by atoms with Crippen LogP contribution >= 0.6 is 0 Å². The van der Waals surface area contributed by atoms with Gasteiger partial charge in [0.2, 0.25) is 5.88 Å². The minimum absolute atomic E-state index is 0.0644. The van der Waals surface area contributed by atoms with Crippen LogP contribution in [0.15, 0.2) is 23.4 Å². The molecule has 37 heavy (non-hydrogen) atoms. The molecule has 11 heteroatoms. The summed E-state index contributed by atoms with van der Waals surface area (Å²) in [6, 6.07) is 2.10. The fourth-order valence-corrected chi connectivity index (χ4v) is 5.49. The number of hydrogen-bond acceptors (Lipinski definition) is 8. The number of pyridine rings is 1. The molecule has 1 saturated heterocycles. The van der Waals surface area contributed by atoms with Crippen molar-refractivity contribution in [1.29, 1.82) is 0 Å². The second-order valence-electron chi connectivity index (χ2n) is 9.76. The van der Waals surface area contributed by atoms with Gasteiger partial charge in [0.05, 0.1) is 40.5 Å². The average Bonchev–Trinajstić information content (AvgIpc) is 3.54. The predicted molar refractivity (Wildman–Crippen MR) is 141 cm³/mol. The third-order valence-corrected chi connectivity index (χ3v) is 7.24. The van der Waals surface area contributed by atoms with Crippen LogP contribution in [0.4, 0.5) is 0 Å². The lowest BCUT2D eigenvalue weighted by atomic mass is 10.1. The fraction of sp³-hybridized carbons (Fsp3) is 0.462. The van der Waals surface area contributed by atoms with Crippen molar-refractivity contribution >= 4 is 22.9 Å². The van der Waals surface area contributed by atoms with Crippen LogP contribution in [0.1, 0.15) is 36.8 Å². The van der Waals surface area contributed by atoms with Crippen molar-refractivity contribution in [1.82, 2.24) is 35.2 Å². The highest BCUT2D eigenvalue weighted by Crippen LogP contribution is 2.36. The highest BCUT2D eigenvalue weighted by atomic mass is 16.5. The van der Waals surface area contributed by atoms with E-state index >= 15 is 0 Å². The normalized spacial score (nSPS) is 21.3. The molecule has 0 aliphatic carbocycles. The molecule has 2 aliphatic rings. The minimum Gasteiger partial charge on any atom is -0.473 e. The molecule has 2 atom stereocenters. The maximum Gasteiger partial charge on any atom is 0.250 e. The van der Waals surface area contributed by atoms with E-state index in [1.165, 1.54) is 0 Å². The van der Waals surface area contributed by atoms with Crippen molar-refractivity contribution in [2.75, 3.05) is 26.2 Å². The number of nitrogens with two attached hydrogens (primary N) is 1. The molecular weight excluding hydrogens is 472 g/mol. The number of rotatable bonds is 4. The van der Waals surface area contributed by atoms with E-state index in [2.05, 4.69) is 32.4 Å². The number of aryl methyl sites for hydroxylation is 3. The molecule has 2 unspecified atom stereocenters. The number of H-pyrrole nitrogens is 1. The van der Waals surface area contributed by atoms with Gasteiger partial charge in [-0.25, -0.2) is 4.68 Å². The van der Waals surface area contributed by atoms with Crippen LogP contribution in [0.2, 0.25) is 0 Å². The summed E-state index contributed by atoms with van der Waals surface area (Å²) in [5.41, 5.74) is 11.6. The van der Waals surface area contributed by atoms with E-state index in [1.807, 2.05) is 33.0 Å². The SMILES string of the molecule is Cc1nn(C)c2c1-c1cc3c([nH]nc3c(C)n1)/C=C/C(C(N)=O)=C(NCCO)CN1CCCC1C(C)O2. The first-order valence-electron chi connectivity index (χ1n) is 12.6. The number of primary amides is 1. The van der Waals surface area contributed by atoms with Crippen molar-refractivity contribution in [2.45, 2.75) is 45.8 Å². The highest BCUT2D eigenvalue weighted by molar-refractivity contribution is 5.98. The molecule has 11 nitrogen and oxygen atoms in total. The first kappa shape index (κ1) is 25.0. The van der Waals surface area contributed by atoms with Gasteiger partial charge in [0.25, 0.3) is 5.91 Å². The molecule has 196 valence electrons. The van der Waals surface area contributed by atoms with Gasteiger partial charge < -0.3 is 20.9 Å². The fourth-order valence-electron chi connectivity index (χ4n) is 5.49. The highest BCUT2D eigenvalue weighted by Gasteiger charge is 2.33. The first-order valence-corrected chi connectivity index (χ1v) is 12.6. The Balaban J connectivity index is 1.74. The van der Waals surface area contributed by atoms with E-state index in [9.17, 15) is 9.90 Å². The molecule has 1 amide bonds. The summed E-state index contributed by atoms with van der Waals surface area (Å²) >= 11 is 0. The Kier molecular flexibility index (Phi) is 6.74. The Hall–Kier alpha value is -3.70. The molecule has 0 spiro atoms. The lowest BCUT2D eigenvalue weighted by Gasteiger charge is -2.31. The number of nitrogens with one attached hydrogen (secondary N) is 2. The third kappa shape index (κ3) is 4.60.